The van der Waals surface area contributed by atoms with Crippen LogP contribution in [0.15, 0.2) is 42.9 Å². The van der Waals surface area contributed by atoms with Gasteiger partial charge in [-0.25, -0.2) is 18.7 Å². The van der Waals surface area contributed by atoms with Crippen molar-refractivity contribution in [3.63, 3.8) is 0 Å². The second-order valence-corrected chi connectivity index (χ2v) is 8.65. The third-order valence-electron chi connectivity index (χ3n) is 5.95. The average Bonchev–Trinajstić information content (AvgIpc) is 2.85. The van der Waals surface area contributed by atoms with E-state index in [1.165, 1.54) is 13.3 Å². The molecule has 8 nitrogen and oxygen atoms in total. The number of halogens is 5. The lowest BCUT2D eigenvalue weighted by Crippen LogP contribution is -2.58. The molecule has 0 spiro atoms. The summed E-state index contributed by atoms with van der Waals surface area (Å²) < 4.78 is 72.4. The molecule has 1 amide bonds. The quantitative estimate of drug-likeness (QED) is 0.354. The highest BCUT2D eigenvalue weighted by atomic mass is 19.4. The molecule has 200 valence electrons. The van der Waals surface area contributed by atoms with Crippen molar-refractivity contribution in [2.45, 2.75) is 31.5 Å². The van der Waals surface area contributed by atoms with Crippen LogP contribution in [-0.4, -0.2) is 65.7 Å². The summed E-state index contributed by atoms with van der Waals surface area (Å²) in [6, 6.07) is 5.78. The van der Waals surface area contributed by atoms with Gasteiger partial charge in [-0.05, 0) is 23.6 Å². The number of nitrogens with zero attached hydrogens (tertiary/aromatic N) is 3. The number of methoxy groups -OCH3 is 1. The molecular formula is C24H27F5N6O2. The number of hydrogen-bond acceptors (Lipinski definition) is 7. The van der Waals surface area contributed by atoms with Crippen LogP contribution in [-0.2, 0) is 11.0 Å². The minimum Gasteiger partial charge on any atom is -0.497 e. The fourth-order valence-electron chi connectivity index (χ4n) is 4.13. The third-order valence-corrected chi connectivity index (χ3v) is 5.95. The Kier molecular flexibility index (Phi) is 8.34. The first-order chi connectivity index (χ1) is 17.4. The molecule has 2 atom stereocenters. The SMILES string of the molecule is CN/C=C(\C(=N)C(=O)N1CC(F)(F)CC(C)C1CNc1cnc(C(F)(F)F)cn1)c1ccc(OC)cc1. The van der Waals surface area contributed by atoms with E-state index in [-0.39, 0.29) is 17.9 Å². The van der Waals surface area contributed by atoms with Gasteiger partial charge in [0.1, 0.15) is 17.3 Å². The molecule has 1 aliphatic heterocycles. The van der Waals surface area contributed by atoms with Gasteiger partial charge < -0.3 is 20.3 Å². The number of piperidine rings is 1. The molecule has 0 saturated carbocycles. The normalized spacial score (nSPS) is 19.8. The highest BCUT2D eigenvalue weighted by molar-refractivity contribution is 6.54. The molecule has 0 aliphatic carbocycles. The Labute approximate surface area is 210 Å². The zero-order valence-electron chi connectivity index (χ0n) is 20.4. The van der Waals surface area contributed by atoms with Crippen LogP contribution in [0.1, 0.15) is 24.6 Å². The van der Waals surface area contributed by atoms with E-state index in [9.17, 15) is 26.7 Å². The fourth-order valence-corrected chi connectivity index (χ4v) is 4.13. The van der Waals surface area contributed by atoms with Gasteiger partial charge in [-0.3, -0.25) is 10.2 Å². The number of amides is 1. The highest BCUT2D eigenvalue weighted by Crippen LogP contribution is 2.35. The van der Waals surface area contributed by atoms with E-state index in [2.05, 4.69) is 20.6 Å². The van der Waals surface area contributed by atoms with E-state index >= 15 is 0 Å². The first-order valence-electron chi connectivity index (χ1n) is 11.3. The molecule has 1 aromatic carbocycles. The minimum absolute atomic E-state index is 0.00555. The number of rotatable bonds is 8. The van der Waals surface area contributed by atoms with E-state index in [4.69, 9.17) is 10.1 Å². The third kappa shape index (κ3) is 6.71. The highest BCUT2D eigenvalue weighted by Gasteiger charge is 2.46. The predicted octanol–water partition coefficient (Wildman–Crippen LogP) is 4.07. The molecule has 1 fully saturated rings. The second kappa shape index (κ2) is 11.1. The summed E-state index contributed by atoms with van der Waals surface area (Å²) in [6.07, 6.45) is -2.27. The fraction of sp³-hybridized carbons (Fsp3) is 0.417. The Bertz CT molecular complexity index is 1140. The van der Waals surface area contributed by atoms with Crippen molar-refractivity contribution >= 4 is 23.0 Å². The topological polar surface area (TPSA) is 103 Å². The number of anilines is 1. The van der Waals surface area contributed by atoms with Crippen molar-refractivity contribution < 1.29 is 31.5 Å². The average molecular weight is 527 g/mol. The number of likely N-dealkylation sites (tertiary alicyclic amines) is 1. The number of carbonyl (C=O) groups excluding carboxylic acids is 1. The number of alkyl halides is 5. The van der Waals surface area contributed by atoms with Crippen LogP contribution >= 0.6 is 0 Å². The van der Waals surface area contributed by atoms with E-state index in [1.807, 2.05) is 0 Å². The van der Waals surface area contributed by atoms with Crippen LogP contribution in [0, 0.1) is 11.3 Å². The van der Waals surface area contributed by atoms with E-state index in [0.29, 0.717) is 17.5 Å². The van der Waals surface area contributed by atoms with E-state index < -0.39 is 54.3 Å². The van der Waals surface area contributed by atoms with Gasteiger partial charge in [-0.1, -0.05) is 19.1 Å². The summed E-state index contributed by atoms with van der Waals surface area (Å²) in [6.45, 7) is 0.568. The van der Waals surface area contributed by atoms with Crippen molar-refractivity contribution in [1.82, 2.24) is 20.2 Å². The second-order valence-electron chi connectivity index (χ2n) is 8.65. The summed E-state index contributed by atoms with van der Waals surface area (Å²) in [7, 11) is 3.07. The van der Waals surface area contributed by atoms with Gasteiger partial charge >= 0.3 is 6.18 Å². The maximum atomic E-state index is 14.5. The largest absolute Gasteiger partial charge is 0.497 e. The summed E-state index contributed by atoms with van der Waals surface area (Å²) in [5.74, 6) is -4.21. The van der Waals surface area contributed by atoms with Crippen molar-refractivity contribution in [2.75, 3.05) is 32.6 Å². The zero-order chi connectivity index (χ0) is 27.4. The lowest BCUT2D eigenvalue weighted by atomic mass is 9.87. The molecule has 3 rings (SSSR count). The van der Waals surface area contributed by atoms with Crippen molar-refractivity contribution in [2.24, 2.45) is 5.92 Å². The molecule has 0 radical (unpaired) electrons. The van der Waals surface area contributed by atoms with E-state index in [1.54, 1.807) is 38.2 Å². The Hall–Kier alpha value is -3.77. The van der Waals surface area contributed by atoms with Crippen LogP contribution in [0.25, 0.3) is 5.57 Å². The predicted molar refractivity (Wildman–Crippen MR) is 128 cm³/mol. The Morgan fingerprint density at radius 1 is 1.24 bits per heavy atom. The van der Waals surface area contributed by atoms with Gasteiger partial charge in [0.05, 0.1) is 32.1 Å². The summed E-state index contributed by atoms with van der Waals surface area (Å²) in [5, 5.41) is 14.1. The zero-order valence-corrected chi connectivity index (χ0v) is 20.4. The van der Waals surface area contributed by atoms with Gasteiger partial charge in [0, 0.05) is 31.8 Å². The molecule has 2 aromatic rings. The smallest absolute Gasteiger partial charge is 0.434 e. The van der Waals surface area contributed by atoms with Gasteiger partial charge in [-0.15, -0.1) is 0 Å². The molecule has 1 aromatic heterocycles. The summed E-state index contributed by atoms with van der Waals surface area (Å²) >= 11 is 0. The lowest BCUT2D eigenvalue weighted by Gasteiger charge is -2.43. The van der Waals surface area contributed by atoms with Gasteiger partial charge in [0.15, 0.2) is 5.69 Å². The first kappa shape index (κ1) is 27.8. The Balaban J connectivity index is 1.84. The van der Waals surface area contributed by atoms with Crippen LogP contribution in [0.4, 0.5) is 27.8 Å². The molecule has 1 aliphatic rings. The van der Waals surface area contributed by atoms with Crippen molar-refractivity contribution in [3.05, 3.63) is 54.1 Å². The lowest BCUT2D eigenvalue weighted by molar-refractivity contribution is -0.145. The van der Waals surface area contributed by atoms with Crippen LogP contribution < -0.4 is 15.4 Å². The van der Waals surface area contributed by atoms with Crippen LogP contribution in [0.5, 0.6) is 5.75 Å². The Morgan fingerprint density at radius 2 is 1.92 bits per heavy atom. The number of aromatic nitrogens is 2. The number of carbonyl (C=O) groups is 1. The van der Waals surface area contributed by atoms with Gasteiger partial charge in [0.2, 0.25) is 0 Å². The van der Waals surface area contributed by atoms with Crippen molar-refractivity contribution in [3.8, 4) is 5.75 Å². The molecule has 3 N–H and O–H groups in total. The molecule has 2 unspecified atom stereocenters. The number of benzene rings is 1. The van der Waals surface area contributed by atoms with Crippen LogP contribution in [0.3, 0.4) is 0 Å². The van der Waals surface area contributed by atoms with Crippen LogP contribution in [0.2, 0.25) is 0 Å². The first-order valence-corrected chi connectivity index (χ1v) is 11.3. The van der Waals surface area contributed by atoms with Gasteiger partial charge in [0.25, 0.3) is 11.8 Å². The van der Waals surface area contributed by atoms with E-state index in [0.717, 1.165) is 11.1 Å². The minimum atomic E-state index is -4.65. The molecular weight excluding hydrogens is 499 g/mol. The molecule has 2 heterocycles. The molecule has 0 bridgehead atoms. The Morgan fingerprint density at radius 3 is 2.46 bits per heavy atom. The van der Waals surface area contributed by atoms with Gasteiger partial charge in [-0.2, -0.15) is 13.2 Å². The maximum Gasteiger partial charge on any atom is 0.434 e. The molecule has 37 heavy (non-hydrogen) atoms. The maximum absolute atomic E-state index is 14.5. The molecule has 13 heteroatoms. The summed E-state index contributed by atoms with van der Waals surface area (Å²) in [4.78, 5) is 21.4. The number of ether oxygens (including phenoxy) is 1. The number of hydrogen-bond donors (Lipinski definition) is 3. The summed E-state index contributed by atoms with van der Waals surface area (Å²) in [5.41, 5.74) is -0.975. The van der Waals surface area contributed by atoms with Crippen molar-refractivity contribution in [1.29, 1.82) is 5.41 Å². The number of nitrogens with one attached hydrogen (secondary N) is 3. The standard InChI is InChI=1S/C24H27F5N6O2/c1-14-8-23(25,26)13-35(18(14)10-33-20-12-32-19(11-34-20)24(27,28)29)22(36)21(30)17(9-31-2)15-4-6-16(37-3)7-5-15/h4-7,9,11-12,14,18,30-31H,8,10,13H2,1-3H3,(H,33,34)/b17-9-,30-21?. The monoisotopic (exact) mass is 526 g/mol. The molecule has 1 saturated heterocycles.